The molecule has 5 nitrogen and oxygen atoms in total. The summed E-state index contributed by atoms with van der Waals surface area (Å²) in [5.74, 6) is -0.897. The van der Waals surface area contributed by atoms with Crippen molar-refractivity contribution in [3.05, 3.63) is 53.9 Å². The lowest BCUT2D eigenvalue weighted by molar-refractivity contribution is 0.0697. The number of hydrogen-bond donors (Lipinski definition) is 2. The summed E-state index contributed by atoms with van der Waals surface area (Å²) in [5.41, 5.74) is 1.38. The highest BCUT2D eigenvalue weighted by Crippen LogP contribution is 2.04. The Labute approximate surface area is 111 Å². The van der Waals surface area contributed by atoms with Crippen molar-refractivity contribution in [2.75, 3.05) is 0 Å². The fraction of sp³-hybridized carbons (Fsp3) is 0.286. The minimum atomic E-state index is -0.897. The lowest BCUT2D eigenvalue weighted by Gasteiger charge is -2.14. The van der Waals surface area contributed by atoms with Gasteiger partial charge in [0.1, 0.15) is 0 Å². The molecule has 0 amide bonds. The van der Waals surface area contributed by atoms with E-state index in [1.54, 1.807) is 18.3 Å². The van der Waals surface area contributed by atoms with Crippen molar-refractivity contribution in [2.24, 2.45) is 0 Å². The first-order chi connectivity index (χ1) is 9.15. The number of aromatic nitrogens is 2. The zero-order valence-electron chi connectivity index (χ0n) is 10.8. The predicted molar refractivity (Wildman–Crippen MR) is 71.9 cm³/mol. The number of carbonyl (C=O) groups is 1. The number of carboxylic acids is 1. The Morgan fingerprint density at radius 1 is 1.42 bits per heavy atom. The van der Waals surface area contributed by atoms with Crippen LogP contribution in [-0.4, -0.2) is 26.9 Å². The molecule has 0 aliphatic heterocycles. The molecule has 0 aliphatic rings. The molecule has 1 aromatic heterocycles. The van der Waals surface area contributed by atoms with Gasteiger partial charge >= 0.3 is 5.97 Å². The maximum Gasteiger partial charge on any atom is 0.335 e. The Kier molecular flexibility index (Phi) is 4.30. The van der Waals surface area contributed by atoms with E-state index in [2.05, 4.69) is 17.3 Å². The van der Waals surface area contributed by atoms with E-state index in [4.69, 9.17) is 5.11 Å². The van der Waals surface area contributed by atoms with E-state index in [-0.39, 0.29) is 0 Å². The minimum absolute atomic E-state index is 0.291. The first-order valence-corrected chi connectivity index (χ1v) is 6.18. The average molecular weight is 259 g/mol. The first-order valence-electron chi connectivity index (χ1n) is 6.18. The van der Waals surface area contributed by atoms with Gasteiger partial charge in [-0.1, -0.05) is 12.1 Å². The maximum atomic E-state index is 10.7. The number of rotatable bonds is 6. The van der Waals surface area contributed by atoms with Gasteiger partial charge in [0.15, 0.2) is 0 Å². The highest BCUT2D eigenvalue weighted by atomic mass is 16.4. The van der Waals surface area contributed by atoms with E-state index in [1.807, 2.05) is 29.1 Å². The van der Waals surface area contributed by atoms with Crippen molar-refractivity contribution < 1.29 is 9.90 Å². The normalized spacial score (nSPS) is 12.3. The first kappa shape index (κ1) is 13.3. The SMILES string of the molecule is CC(Cn1cccn1)NCc1ccc(C(=O)O)cc1. The largest absolute Gasteiger partial charge is 0.478 e. The lowest BCUT2D eigenvalue weighted by atomic mass is 10.1. The smallest absolute Gasteiger partial charge is 0.335 e. The highest BCUT2D eigenvalue weighted by molar-refractivity contribution is 5.87. The number of aromatic carboxylic acids is 1. The molecule has 1 atom stereocenters. The molecular weight excluding hydrogens is 242 g/mol. The van der Waals surface area contributed by atoms with Crippen LogP contribution in [0.4, 0.5) is 0 Å². The summed E-state index contributed by atoms with van der Waals surface area (Å²) in [4.78, 5) is 10.7. The van der Waals surface area contributed by atoms with Crippen LogP contribution in [0.25, 0.3) is 0 Å². The van der Waals surface area contributed by atoms with E-state index in [1.165, 1.54) is 0 Å². The average Bonchev–Trinajstić information content (AvgIpc) is 2.89. The molecule has 0 aliphatic carbocycles. The summed E-state index contributed by atoms with van der Waals surface area (Å²) in [6, 6.07) is 9.10. The van der Waals surface area contributed by atoms with E-state index in [0.717, 1.165) is 12.1 Å². The molecule has 0 saturated heterocycles. The molecule has 100 valence electrons. The molecule has 1 heterocycles. The van der Waals surface area contributed by atoms with Crippen LogP contribution in [0, 0.1) is 0 Å². The van der Waals surface area contributed by atoms with Crippen molar-refractivity contribution in [1.29, 1.82) is 0 Å². The molecule has 0 saturated carbocycles. The second-order valence-corrected chi connectivity index (χ2v) is 4.51. The highest BCUT2D eigenvalue weighted by Gasteiger charge is 2.04. The van der Waals surface area contributed by atoms with Gasteiger partial charge in [-0.2, -0.15) is 5.10 Å². The summed E-state index contributed by atoms with van der Waals surface area (Å²) in [5, 5.41) is 16.3. The van der Waals surface area contributed by atoms with E-state index >= 15 is 0 Å². The van der Waals surface area contributed by atoms with Crippen molar-refractivity contribution in [1.82, 2.24) is 15.1 Å². The lowest BCUT2D eigenvalue weighted by Crippen LogP contribution is -2.30. The zero-order chi connectivity index (χ0) is 13.7. The van der Waals surface area contributed by atoms with Crippen LogP contribution in [-0.2, 0) is 13.1 Å². The third-order valence-corrected chi connectivity index (χ3v) is 2.88. The molecule has 1 unspecified atom stereocenters. The summed E-state index contributed by atoms with van der Waals surface area (Å²) in [6.45, 7) is 3.61. The fourth-order valence-corrected chi connectivity index (χ4v) is 1.81. The summed E-state index contributed by atoms with van der Waals surface area (Å²) in [7, 11) is 0. The van der Waals surface area contributed by atoms with Crippen molar-refractivity contribution in [3.8, 4) is 0 Å². The molecular formula is C14H17N3O2. The van der Waals surface area contributed by atoms with Gasteiger partial charge in [0, 0.05) is 25.0 Å². The predicted octanol–water partition coefficient (Wildman–Crippen LogP) is 1.76. The van der Waals surface area contributed by atoms with Gasteiger partial charge in [-0.05, 0) is 30.7 Å². The van der Waals surface area contributed by atoms with Crippen molar-refractivity contribution in [3.63, 3.8) is 0 Å². The molecule has 0 bridgehead atoms. The van der Waals surface area contributed by atoms with Gasteiger partial charge in [-0.15, -0.1) is 0 Å². The molecule has 2 N–H and O–H groups in total. The Morgan fingerprint density at radius 3 is 2.74 bits per heavy atom. The second kappa shape index (κ2) is 6.15. The molecule has 19 heavy (non-hydrogen) atoms. The van der Waals surface area contributed by atoms with Crippen molar-refractivity contribution in [2.45, 2.75) is 26.1 Å². The van der Waals surface area contributed by atoms with Gasteiger partial charge in [-0.25, -0.2) is 4.79 Å². The topological polar surface area (TPSA) is 67.2 Å². The standard InChI is InChI=1S/C14H17N3O2/c1-11(10-17-8-2-7-16-17)15-9-12-3-5-13(6-4-12)14(18)19/h2-8,11,15H,9-10H2,1H3,(H,18,19). The van der Waals surface area contributed by atoms with Crippen LogP contribution in [0.2, 0.25) is 0 Å². The molecule has 0 radical (unpaired) electrons. The van der Waals surface area contributed by atoms with Gasteiger partial charge in [0.25, 0.3) is 0 Å². The van der Waals surface area contributed by atoms with Crippen LogP contribution in [0.5, 0.6) is 0 Å². The van der Waals surface area contributed by atoms with E-state index in [9.17, 15) is 4.79 Å². The van der Waals surface area contributed by atoms with Gasteiger partial charge in [0.2, 0.25) is 0 Å². The number of carboxylic acid groups (broad SMARTS) is 1. The molecule has 5 heteroatoms. The molecule has 1 aromatic carbocycles. The van der Waals surface area contributed by atoms with E-state index in [0.29, 0.717) is 18.2 Å². The second-order valence-electron chi connectivity index (χ2n) is 4.51. The third kappa shape index (κ3) is 3.93. The molecule has 2 aromatic rings. The summed E-state index contributed by atoms with van der Waals surface area (Å²) in [6.07, 6.45) is 3.69. The molecule has 2 rings (SSSR count). The number of hydrogen-bond acceptors (Lipinski definition) is 3. The zero-order valence-corrected chi connectivity index (χ0v) is 10.8. The van der Waals surface area contributed by atoms with Crippen LogP contribution in [0.3, 0.4) is 0 Å². The molecule has 0 fully saturated rings. The quantitative estimate of drug-likeness (QED) is 0.829. The van der Waals surface area contributed by atoms with Crippen LogP contribution >= 0.6 is 0 Å². The summed E-state index contributed by atoms with van der Waals surface area (Å²) >= 11 is 0. The number of benzene rings is 1. The fourth-order valence-electron chi connectivity index (χ4n) is 1.81. The Hall–Kier alpha value is -2.14. The van der Waals surface area contributed by atoms with E-state index < -0.39 is 5.97 Å². The van der Waals surface area contributed by atoms with Gasteiger partial charge in [-0.3, -0.25) is 4.68 Å². The van der Waals surface area contributed by atoms with Gasteiger partial charge in [0.05, 0.1) is 12.1 Å². The van der Waals surface area contributed by atoms with Gasteiger partial charge < -0.3 is 10.4 Å². The minimum Gasteiger partial charge on any atom is -0.478 e. The Bertz CT molecular complexity index is 520. The number of nitrogens with zero attached hydrogens (tertiary/aromatic N) is 2. The maximum absolute atomic E-state index is 10.7. The van der Waals surface area contributed by atoms with Crippen molar-refractivity contribution >= 4 is 5.97 Å². The Morgan fingerprint density at radius 2 is 2.16 bits per heavy atom. The summed E-state index contributed by atoms with van der Waals surface area (Å²) < 4.78 is 1.88. The number of nitrogens with one attached hydrogen (secondary N) is 1. The Balaban J connectivity index is 1.83. The third-order valence-electron chi connectivity index (χ3n) is 2.88. The monoisotopic (exact) mass is 259 g/mol. The van der Waals surface area contributed by atoms with Crippen LogP contribution in [0.1, 0.15) is 22.8 Å². The molecule has 0 spiro atoms. The van der Waals surface area contributed by atoms with Crippen LogP contribution < -0.4 is 5.32 Å². The van der Waals surface area contributed by atoms with Crippen LogP contribution in [0.15, 0.2) is 42.7 Å².